The van der Waals surface area contributed by atoms with E-state index in [2.05, 4.69) is 21.9 Å². The number of nitrogens with zero attached hydrogens (tertiary/aromatic N) is 1. The molecule has 1 aromatic carbocycles. The summed E-state index contributed by atoms with van der Waals surface area (Å²) in [6.45, 7) is 2.13. The van der Waals surface area contributed by atoms with E-state index in [-0.39, 0.29) is 11.6 Å². The number of ether oxygens (including phenoxy) is 1. The number of aromatic nitrogens is 1. The van der Waals surface area contributed by atoms with E-state index in [0.717, 1.165) is 25.2 Å². The summed E-state index contributed by atoms with van der Waals surface area (Å²) in [4.78, 5) is 12.1. The molecule has 0 saturated carbocycles. The topological polar surface area (TPSA) is 76.4 Å². The first-order valence-corrected chi connectivity index (χ1v) is 6.84. The van der Waals surface area contributed by atoms with Gasteiger partial charge >= 0.3 is 0 Å². The van der Waals surface area contributed by atoms with E-state index >= 15 is 0 Å². The quantitative estimate of drug-likeness (QED) is 0.895. The third-order valence-electron chi connectivity index (χ3n) is 3.43. The summed E-state index contributed by atoms with van der Waals surface area (Å²) in [5.41, 5.74) is 3.56. The van der Waals surface area contributed by atoms with E-state index in [9.17, 15) is 4.79 Å². The van der Waals surface area contributed by atoms with Gasteiger partial charge in [-0.3, -0.25) is 4.79 Å². The summed E-state index contributed by atoms with van der Waals surface area (Å²) in [5.74, 6) is 0.238. The summed E-state index contributed by atoms with van der Waals surface area (Å²) in [6.07, 6.45) is 1.02. The normalized spacial score (nSPS) is 13.8. The summed E-state index contributed by atoms with van der Waals surface area (Å²) in [5, 5.41) is 9.89. The molecule has 6 heteroatoms. The van der Waals surface area contributed by atoms with Crippen molar-refractivity contribution < 1.29 is 14.1 Å². The number of carbonyl (C=O) groups is 1. The van der Waals surface area contributed by atoms with Crippen molar-refractivity contribution in [2.24, 2.45) is 0 Å². The molecule has 0 aliphatic carbocycles. The first kappa shape index (κ1) is 13.8. The predicted octanol–water partition coefficient (Wildman–Crippen LogP) is 1.72. The minimum absolute atomic E-state index is 0.248. The van der Waals surface area contributed by atoms with E-state index in [0.29, 0.717) is 12.4 Å². The largest absolute Gasteiger partial charge is 0.377 e. The molecular weight excluding hydrogens is 270 g/mol. The molecule has 0 unspecified atom stereocenters. The Labute approximate surface area is 122 Å². The van der Waals surface area contributed by atoms with Crippen LogP contribution in [-0.4, -0.2) is 24.7 Å². The van der Waals surface area contributed by atoms with Gasteiger partial charge in [0.1, 0.15) is 6.61 Å². The number of hydrogen-bond donors (Lipinski definition) is 2. The van der Waals surface area contributed by atoms with Gasteiger partial charge in [-0.15, -0.1) is 0 Å². The van der Waals surface area contributed by atoms with Crippen LogP contribution in [0.4, 0.5) is 5.69 Å². The molecule has 0 atom stereocenters. The van der Waals surface area contributed by atoms with Gasteiger partial charge in [-0.05, 0) is 36.2 Å². The zero-order valence-electron chi connectivity index (χ0n) is 11.8. The van der Waals surface area contributed by atoms with Gasteiger partial charge in [-0.25, -0.2) is 0 Å². The maximum atomic E-state index is 12.1. The molecule has 2 heterocycles. The lowest BCUT2D eigenvalue weighted by molar-refractivity contribution is 0.101. The number of rotatable bonds is 4. The van der Waals surface area contributed by atoms with E-state index in [1.165, 1.54) is 11.1 Å². The van der Waals surface area contributed by atoms with Crippen molar-refractivity contribution >= 4 is 11.6 Å². The number of nitrogens with one attached hydrogen (secondary N) is 2. The van der Waals surface area contributed by atoms with Gasteiger partial charge in [-0.1, -0.05) is 11.2 Å². The van der Waals surface area contributed by atoms with Crippen molar-refractivity contribution in [3.05, 3.63) is 46.8 Å². The zero-order chi connectivity index (χ0) is 14.7. The van der Waals surface area contributed by atoms with Crippen LogP contribution in [-0.2, 0) is 24.3 Å². The molecule has 2 N–H and O–H groups in total. The van der Waals surface area contributed by atoms with Gasteiger partial charge in [-0.2, -0.15) is 0 Å². The molecule has 2 aromatic rings. The van der Waals surface area contributed by atoms with Gasteiger partial charge in [0.25, 0.3) is 5.91 Å². The van der Waals surface area contributed by atoms with Crippen LogP contribution in [0.2, 0.25) is 0 Å². The molecule has 0 spiro atoms. The summed E-state index contributed by atoms with van der Waals surface area (Å²) in [7, 11) is 1.56. The third-order valence-corrected chi connectivity index (χ3v) is 3.43. The number of carbonyl (C=O) groups excluding carboxylic acids is 1. The zero-order valence-corrected chi connectivity index (χ0v) is 11.8. The number of methoxy groups -OCH3 is 1. The molecule has 0 radical (unpaired) electrons. The SMILES string of the molecule is COCc1cc(C(=O)Nc2ccc3c(c2)CNCC3)no1. The highest BCUT2D eigenvalue weighted by Crippen LogP contribution is 2.19. The van der Waals surface area contributed by atoms with Gasteiger partial charge in [0.05, 0.1) is 0 Å². The van der Waals surface area contributed by atoms with Crippen LogP contribution in [0.1, 0.15) is 27.4 Å². The van der Waals surface area contributed by atoms with Gasteiger partial charge in [0.2, 0.25) is 0 Å². The van der Waals surface area contributed by atoms with Crippen molar-refractivity contribution in [3.63, 3.8) is 0 Å². The fraction of sp³-hybridized carbons (Fsp3) is 0.333. The molecule has 110 valence electrons. The highest BCUT2D eigenvalue weighted by Gasteiger charge is 2.14. The molecule has 0 fully saturated rings. The van der Waals surface area contributed by atoms with Crippen LogP contribution >= 0.6 is 0 Å². The smallest absolute Gasteiger partial charge is 0.277 e. The lowest BCUT2D eigenvalue weighted by Gasteiger charge is -2.17. The molecule has 1 aliphatic heterocycles. The highest BCUT2D eigenvalue weighted by atomic mass is 16.5. The maximum absolute atomic E-state index is 12.1. The fourth-order valence-electron chi connectivity index (χ4n) is 2.38. The Kier molecular flexibility index (Phi) is 3.98. The Hall–Kier alpha value is -2.18. The number of anilines is 1. The van der Waals surface area contributed by atoms with Gasteiger partial charge < -0.3 is 19.9 Å². The standard InChI is InChI=1S/C15H17N3O3/c1-20-9-13-7-14(18-21-13)15(19)17-12-3-2-10-4-5-16-8-11(10)6-12/h2-3,6-7,16H,4-5,8-9H2,1H3,(H,17,19). The Balaban J connectivity index is 1.71. The molecule has 1 aromatic heterocycles. The molecule has 0 bridgehead atoms. The monoisotopic (exact) mass is 287 g/mol. The summed E-state index contributed by atoms with van der Waals surface area (Å²) in [6, 6.07) is 7.55. The van der Waals surface area contributed by atoms with Crippen LogP contribution in [0.25, 0.3) is 0 Å². The Morgan fingerprint density at radius 3 is 3.19 bits per heavy atom. The van der Waals surface area contributed by atoms with Crippen molar-refractivity contribution in [1.82, 2.24) is 10.5 Å². The second-order valence-corrected chi connectivity index (χ2v) is 4.98. The van der Waals surface area contributed by atoms with E-state index in [1.54, 1.807) is 13.2 Å². The molecule has 1 aliphatic rings. The van der Waals surface area contributed by atoms with Crippen LogP contribution in [0.15, 0.2) is 28.8 Å². The van der Waals surface area contributed by atoms with Crippen LogP contribution in [0.5, 0.6) is 0 Å². The minimum Gasteiger partial charge on any atom is -0.377 e. The lowest BCUT2D eigenvalue weighted by Crippen LogP contribution is -2.23. The summed E-state index contributed by atoms with van der Waals surface area (Å²) < 4.78 is 9.94. The molecule has 1 amide bonds. The van der Waals surface area contributed by atoms with E-state index in [4.69, 9.17) is 9.26 Å². The van der Waals surface area contributed by atoms with E-state index < -0.39 is 0 Å². The lowest BCUT2D eigenvalue weighted by atomic mass is 10.0. The highest BCUT2D eigenvalue weighted by molar-refractivity contribution is 6.02. The first-order valence-electron chi connectivity index (χ1n) is 6.84. The molecule has 21 heavy (non-hydrogen) atoms. The second kappa shape index (κ2) is 6.07. The molecule has 6 nitrogen and oxygen atoms in total. The molecule has 0 saturated heterocycles. The van der Waals surface area contributed by atoms with Crippen molar-refractivity contribution in [2.45, 2.75) is 19.6 Å². The average molecular weight is 287 g/mol. The molecule has 3 rings (SSSR count). The second-order valence-electron chi connectivity index (χ2n) is 4.98. The number of benzene rings is 1. The van der Waals surface area contributed by atoms with Gasteiger partial charge in [0, 0.05) is 25.4 Å². The first-order chi connectivity index (χ1) is 10.3. The van der Waals surface area contributed by atoms with Crippen molar-refractivity contribution in [2.75, 3.05) is 19.0 Å². The Morgan fingerprint density at radius 2 is 2.33 bits per heavy atom. The minimum atomic E-state index is -0.287. The summed E-state index contributed by atoms with van der Waals surface area (Å²) >= 11 is 0. The number of fused-ring (bicyclic) bond motifs is 1. The maximum Gasteiger partial charge on any atom is 0.277 e. The number of amides is 1. The fourth-order valence-corrected chi connectivity index (χ4v) is 2.38. The average Bonchev–Trinajstić information content (AvgIpc) is 2.96. The van der Waals surface area contributed by atoms with Gasteiger partial charge in [0.15, 0.2) is 11.5 Å². The Morgan fingerprint density at radius 1 is 1.43 bits per heavy atom. The number of hydrogen-bond acceptors (Lipinski definition) is 5. The van der Waals surface area contributed by atoms with Crippen molar-refractivity contribution in [1.29, 1.82) is 0 Å². The van der Waals surface area contributed by atoms with Crippen molar-refractivity contribution in [3.8, 4) is 0 Å². The Bertz CT molecular complexity index is 651. The predicted molar refractivity (Wildman–Crippen MR) is 77.0 cm³/mol. The van der Waals surface area contributed by atoms with Crippen LogP contribution in [0.3, 0.4) is 0 Å². The third kappa shape index (κ3) is 3.12. The molecular formula is C15H17N3O3. The van der Waals surface area contributed by atoms with E-state index in [1.807, 2.05) is 12.1 Å². The van der Waals surface area contributed by atoms with Crippen LogP contribution in [0, 0.1) is 0 Å². The van der Waals surface area contributed by atoms with Crippen LogP contribution < -0.4 is 10.6 Å².